The van der Waals surface area contributed by atoms with E-state index in [-0.39, 0.29) is 6.61 Å². The van der Waals surface area contributed by atoms with Crippen LogP contribution in [0.25, 0.3) is 11.5 Å². The van der Waals surface area contributed by atoms with Gasteiger partial charge in [-0.05, 0) is 37.9 Å². The van der Waals surface area contributed by atoms with Crippen LogP contribution in [0.4, 0.5) is 0 Å². The molecule has 3 heterocycles. The Morgan fingerprint density at radius 2 is 2.42 bits per heavy atom. The maximum Gasteiger partial charge on any atom is 0.152 e. The molecule has 5 nitrogen and oxygen atoms in total. The fourth-order valence-corrected chi connectivity index (χ4v) is 2.66. The molecule has 0 amide bonds. The Morgan fingerprint density at radius 1 is 1.53 bits per heavy atom. The lowest BCUT2D eigenvalue weighted by Gasteiger charge is -2.14. The van der Waals surface area contributed by atoms with Gasteiger partial charge in [-0.2, -0.15) is 5.10 Å². The second kappa shape index (κ2) is 5.19. The van der Waals surface area contributed by atoms with Crippen LogP contribution in [-0.2, 0) is 6.54 Å². The molecule has 0 radical (unpaired) electrons. The van der Waals surface area contributed by atoms with Gasteiger partial charge < -0.3 is 9.52 Å². The highest BCUT2D eigenvalue weighted by Crippen LogP contribution is 2.26. The Balaban J connectivity index is 1.74. The van der Waals surface area contributed by atoms with E-state index in [1.54, 1.807) is 0 Å². The Hall–Kier alpha value is -1.59. The Kier molecular flexibility index (Phi) is 3.40. The summed E-state index contributed by atoms with van der Waals surface area (Å²) in [6, 6.07) is 3.92. The summed E-state index contributed by atoms with van der Waals surface area (Å²) >= 11 is 0. The second-order valence-electron chi connectivity index (χ2n) is 5.25. The molecule has 1 aliphatic rings. The molecule has 0 aromatic carbocycles. The maximum absolute atomic E-state index is 9.19. The average molecular weight is 261 g/mol. The van der Waals surface area contributed by atoms with E-state index in [9.17, 15) is 5.11 Å². The van der Waals surface area contributed by atoms with Crippen molar-refractivity contribution in [3.05, 3.63) is 29.7 Å². The third kappa shape index (κ3) is 2.57. The number of aliphatic hydroxyl groups excluding tert-OH is 1. The largest absolute Gasteiger partial charge is 0.460 e. The van der Waals surface area contributed by atoms with Gasteiger partial charge in [-0.1, -0.05) is 0 Å². The number of aryl methyl sites for hydroxylation is 1. The topological polar surface area (TPSA) is 65.3 Å². The molecule has 1 unspecified atom stereocenters. The highest BCUT2D eigenvalue weighted by molar-refractivity contribution is 5.56. The molecule has 0 saturated carbocycles. The smallest absolute Gasteiger partial charge is 0.152 e. The van der Waals surface area contributed by atoms with E-state index in [0.29, 0.717) is 5.92 Å². The molecule has 0 spiro atoms. The van der Waals surface area contributed by atoms with Crippen molar-refractivity contribution in [1.82, 2.24) is 15.1 Å². The first kappa shape index (κ1) is 12.4. The fourth-order valence-electron chi connectivity index (χ4n) is 2.66. The number of aromatic nitrogens is 2. The second-order valence-corrected chi connectivity index (χ2v) is 5.25. The number of hydrogen-bond acceptors (Lipinski definition) is 4. The third-order valence-electron chi connectivity index (χ3n) is 3.73. The monoisotopic (exact) mass is 261 g/mol. The zero-order chi connectivity index (χ0) is 13.2. The van der Waals surface area contributed by atoms with Crippen LogP contribution in [-0.4, -0.2) is 39.9 Å². The van der Waals surface area contributed by atoms with E-state index in [0.717, 1.165) is 48.8 Å². The van der Waals surface area contributed by atoms with Gasteiger partial charge in [0.05, 0.1) is 6.20 Å². The number of hydrogen-bond donors (Lipinski definition) is 2. The van der Waals surface area contributed by atoms with E-state index in [2.05, 4.69) is 15.1 Å². The Morgan fingerprint density at radius 3 is 3.11 bits per heavy atom. The molecule has 1 saturated heterocycles. The number of rotatable bonds is 4. The molecular formula is C14H19N3O2. The van der Waals surface area contributed by atoms with Gasteiger partial charge in [-0.3, -0.25) is 10.00 Å². The number of nitrogens with zero attached hydrogens (tertiary/aromatic N) is 2. The summed E-state index contributed by atoms with van der Waals surface area (Å²) in [5.74, 6) is 2.15. The highest BCUT2D eigenvalue weighted by Gasteiger charge is 2.23. The van der Waals surface area contributed by atoms with Crippen LogP contribution in [0.1, 0.15) is 17.7 Å². The molecular weight excluding hydrogens is 242 g/mol. The summed E-state index contributed by atoms with van der Waals surface area (Å²) < 4.78 is 5.65. The normalized spacial score (nSPS) is 20.2. The molecule has 2 aromatic rings. The molecule has 19 heavy (non-hydrogen) atoms. The van der Waals surface area contributed by atoms with Gasteiger partial charge in [-0.15, -0.1) is 0 Å². The van der Waals surface area contributed by atoms with E-state index < -0.39 is 0 Å². The number of H-pyrrole nitrogens is 1. The van der Waals surface area contributed by atoms with E-state index in [4.69, 9.17) is 4.42 Å². The molecule has 102 valence electrons. The molecule has 1 aliphatic heterocycles. The standard InChI is InChI=1S/C14H19N3O2/c1-10-2-3-13(19-10)14-12(6-15-16-14)8-17-5-4-11(7-17)9-18/h2-3,6,11,18H,4-5,7-9H2,1H3,(H,15,16). The zero-order valence-electron chi connectivity index (χ0n) is 11.1. The van der Waals surface area contributed by atoms with Crippen LogP contribution in [0.5, 0.6) is 0 Å². The van der Waals surface area contributed by atoms with Crippen molar-refractivity contribution in [3.8, 4) is 11.5 Å². The van der Waals surface area contributed by atoms with Crippen molar-refractivity contribution >= 4 is 0 Å². The minimum absolute atomic E-state index is 0.284. The minimum atomic E-state index is 0.284. The van der Waals surface area contributed by atoms with Crippen molar-refractivity contribution in [3.63, 3.8) is 0 Å². The van der Waals surface area contributed by atoms with Crippen LogP contribution in [0.15, 0.2) is 22.7 Å². The van der Waals surface area contributed by atoms with Crippen LogP contribution in [0.3, 0.4) is 0 Å². The number of aromatic amines is 1. The van der Waals surface area contributed by atoms with Gasteiger partial charge in [0, 0.05) is 25.3 Å². The molecule has 1 atom stereocenters. The predicted octanol–water partition coefficient (Wildman–Crippen LogP) is 1.79. The molecule has 3 rings (SSSR count). The summed E-state index contributed by atoms with van der Waals surface area (Å²) in [7, 11) is 0. The van der Waals surface area contributed by atoms with Gasteiger partial charge in [0.15, 0.2) is 5.76 Å². The SMILES string of the molecule is Cc1ccc(-c2[nH]ncc2CN2CCC(CO)C2)o1. The van der Waals surface area contributed by atoms with Gasteiger partial charge in [0.2, 0.25) is 0 Å². The minimum Gasteiger partial charge on any atom is -0.460 e. The van der Waals surface area contributed by atoms with Gasteiger partial charge in [-0.25, -0.2) is 0 Å². The van der Waals surface area contributed by atoms with E-state index in [1.165, 1.54) is 0 Å². The summed E-state index contributed by atoms with van der Waals surface area (Å²) in [5, 5.41) is 16.3. The first-order chi connectivity index (χ1) is 9.26. The molecule has 2 N–H and O–H groups in total. The molecule has 1 fully saturated rings. The lowest BCUT2D eigenvalue weighted by atomic mass is 10.1. The summed E-state index contributed by atoms with van der Waals surface area (Å²) in [6.45, 7) is 5.06. The number of likely N-dealkylation sites (tertiary alicyclic amines) is 1. The van der Waals surface area contributed by atoms with Crippen LogP contribution >= 0.6 is 0 Å². The quantitative estimate of drug-likeness (QED) is 0.880. The summed E-state index contributed by atoms with van der Waals surface area (Å²) in [5.41, 5.74) is 2.11. The van der Waals surface area contributed by atoms with Crippen LogP contribution < -0.4 is 0 Å². The van der Waals surface area contributed by atoms with Crippen molar-refractivity contribution in [1.29, 1.82) is 0 Å². The lowest BCUT2D eigenvalue weighted by molar-refractivity contribution is 0.220. The average Bonchev–Trinajstić information content (AvgIpc) is 3.10. The number of nitrogens with one attached hydrogen (secondary N) is 1. The van der Waals surface area contributed by atoms with Crippen LogP contribution in [0, 0.1) is 12.8 Å². The first-order valence-corrected chi connectivity index (χ1v) is 6.68. The van der Waals surface area contributed by atoms with E-state index in [1.807, 2.05) is 25.3 Å². The maximum atomic E-state index is 9.19. The molecule has 2 aromatic heterocycles. The summed E-state index contributed by atoms with van der Waals surface area (Å²) in [4.78, 5) is 2.35. The van der Waals surface area contributed by atoms with Crippen molar-refractivity contribution < 1.29 is 9.52 Å². The van der Waals surface area contributed by atoms with E-state index >= 15 is 0 Å². The highest BCUT2D eigenvalue weighted by atomic mass is 16.3. The number of aliphatic hydroxyl groups is 1. The lowest BCUT2D eigenvalue weighted by Crippen LogP contribution is -2.21. The molecule has 0 bridgehead atoms. The van der Waals surface area contributed by atoms with Crippen LogP contribution in [0.2, 0.25) is 0 Å². The Labute approximate surface area is 112 Å². The number of furan rings is 1. The first-order valence-electron chi connectivity index (χ1n) is 6.68. The molecule has 5 heteroatoms. The fraction of sp³-hybridized carbons (Fsp3) is 0.500. The summed E-state index contributed by atoms with van der Waals surface area (Å²) in [6.07, 6.45) is 2.93. The van der Waals surface area contributed by atoms with Gasteiger partial charge in [0.25, 0.3) is 0 Å². The zero-order valence-corrected chi connectivity index (χ0v) is 11.1. The van der Waals surface area contributed by atoms with Gasteiger partial charge in [0.1, 0.15) is 11.5 Å². The van der Waals surface area contributed by atoms with Crippen molar-refractivity contribution in [2.75, 3.05) is 19.7 Å². The third-order valence-corrected chi connectivity index (χ3v) is 3.73. The van der Waals surface area contributed by atoms with Crippen molar-refractivity contribution in [2.24, 2.45) is 5.92 Å². The molecule has 0 aliphatic carbocycles. The van der Waals surface area contributed by atoms with Gasteiger partial charge >= 0.3 is 0 Å². The predicted molar refractivity (Wildman–Crippen MR) is 71.5 cm³/mol. The Bertz CT molecular complexity index is 546. The van der Waals surface area contributed by atoms with Crippen molar-refractivity contribution in [2.45, 2.75) is 19.9 Å².